The summed E-state index contributed by atoms with van der Waals surface area (Å²) in [6.07, 6.45) is 14.7. The summed E-state index contributed by atoms with van der Waals surface area (Å²) in [6, 6.07) is 7.79. The van der Waals surface area contributed by atoms with Crippen LogP contribution in [0.2, 0.25) is 0 Å². The largest absolute Gasteiger partial charge is 0.397 e. The SMILES string of the molecule is Cc1ccc(N/C=C(/C#N)C(=O)NC2CCCCCCCCCCC2)c(N)c1. The summed E-state index contributed by atoms with van der Waals surface area (Å²) in [4.78, 5) is 12.6. The van der Waals surface area contributed by atoms with Crippen LogP contribution in [-0.2, 0) is 4.79 Å². The number of hydrogen-bond donors (Lipinski definition) is 3. The second-order valence-electron chi connectivity index (χ2n) is 7.83. The molecule has 152 valence electrons. The van der Waals surface area contributed by atoms with E-state index in [1.54, 1.807) is 0 Å². The second-order valence-corrected chi connectivity index (χ2v) is 7.83. The van der Waals surface area contributed by atoms with Gasteiger partial charge in [0.15, 0.2) is 0 Å². The molecule has 1 amide bonds. The van der Waals surface area contributed by atoms with Crippen LogP contribution in [0.4, 0.5) is 11.4 Å². The quantitative estimate of drug-likeness (QED) is 0.380. The van der Waals surface area contributed by atoms with Gasteiger partial charge in [-0.05, 0) is 37.5 Å². The highest BCUT2D eigenvalue weighted by atomic mass is 16.1. The van der Waals surface area contributed by atoms with Crippen molar-refractivity contribution >= 4 is 17.3 Å². The van der Waals surface area contributed by atoms with Crippen LogP contribution in [0.3, 0.4) is 0 Å². The van der Waals surface area contributed by atoms with E-state index in [1.807, 2.05) is 31.2 Å². The molecule has 4 N–H and O–H groups in total. The summed E-state index contributed by atoms with van der Waals surface area (Å²) >= 11 is 0. The average molecular weight is 383 g/mol. The van der Waals surface area contributed by atoms with Crippen LogP contribution in [0.25, 0.3) is 0 Å². The van der Waals surface area contributed by atoms with Gasteiger partial charge >= 0.3 is 0 Å². The zero-order chi connectivity index (χ0) is 20.2. The van der Waals surface area contributed by atoms with Gasteiger partial charge in [-0.1, -0.05) is 63.9 Å². The Bertz CT molecular complexity index is 693. The minimum absolute atomic E-state index is 0.0751. The summed E-state index contributed by atoms with van der Waals surface area (Å²) < 4.78 is 0. The van der Waals surface area contributed by atoms with Gasteiger partial charge in [-0.15, -0.1) is 0 Å². The Kier molecular flexibility index (Phi) is 9.41. The lowest BCUT2D eigenvalue weighted by atomic mass is 9.98. The number of carbonyl (C=O) groups excluding carboxylic acids is 1. The number of nitrogens with zero attached hydrogens (tertiary/aromatic N) is 1. The molecular formula is C23H34N4O. The Balaban J connectivity index is 1.94. The average Bonchev–Trinajstić information content (AvgIpc) is 2.66. The molecule has 1 aliphatic carbocycles. The van der Waals surface area contributed by atoms with Crippen LogP contribution in [0, 0.1) is 18.3 Å². The van der Waals surface area contributed by atoms with E-state index in [9.17, 15) is 10.1 Å². The van der Waals surface area contributed by atoms with Crippen LogP contribution >= 0.6 is 0 Å². The zero-order valence-corrected chi connectivity index (χ0v) is 17.1. The number of aryl methyl sites for hydroxylation is 1. The molecule has 0 radical (unpaired) electrons. The topological polar surface area (TPSA) is 90.9 Å². The normalized spacial score (nSPS) is 17.6. The van der Waals surface area contributed by atoms with Crippen LogP contribution in [0.5, 0.6) is 0 Å². The third-order valence-corrected chi connectivity index (χ3v) is 5.38. The van der Waals surface area contributed by atoms with E-state index < -0.39 is 0 Å². The van der Waals surface area contributed by atoms with Crippen molar-refractivity contribution in [3.8, 4) is 6.07 Å². The van der Waals surface area contributed by atoms with Crippen molar-refractivity contribution in [1.29, 1.82) is 5.26 Å². The maximum absolute atomic E-state index is 12.6. The van der Waals surface area contributed by atoms with E-state index in [2.05, 4.69) is 10.6 Å². The van der Waals surface area contributed by atoms with Gasteiger partial charge in [0.1, 0.15) is 11.6 Å². The first kappa shape index (κ1) is 21.8. The Morgan fingerprint density at radius 1 is 1.07 bits per heavy atom. The van der Waals surface area contributed by atoms with Crippen molar-refractivity contribution in [3.05, 3.63) is 35.5 Å². The number of nitriles is 1. The highest BCUT2D eigenvalue weighted by Gasteiger charge is 2.16. The summed E-state index contributed by atoms with van der Waals surface area (Å²) in [5, 5.41) is 15.5. The highest BCUT2D eigenvalue weighted by molar-refractivity contribution is 5.97. The van der Waals surface area contributed by atoms with Gasteiger partial charge in [-0.3, -0.25) is 4.79 Å². The number of anilines is 2. The summed E-state index contributed by atoms with van der Waals surface area (Å²) in [6.45, 7) is 1.97. The first-order valence-corrected chi connectivity index (χ1v) is 10.6. The first-order chi connectivity index (χ1) is 13.6. The molecule has 0 atom stereocenters. The number of nitrogens with two attached hydrogens (primary N) is 1. The van der Waals surface area contributed by atoms with Crippen molar-refractivity contribution in [2.45, 2.75) is 83.6 Å². The van der Waals surface area contributed by atoms with Crippen LogP contribution < -0.4 is 16.4 Å². The van der Waals surface area contributed by atoms with Gasteiger partial charge in [-0.2, -0.15) is 5.26 Å². The van der Waals surface area contributed by atoms with Crippen molar-refractivity contribution in [2.75, 3.05) is 11.1 Å². The predicted molar refractivity (Wildman–Crippen MR) is 116 cm³/mol. The maximum Gasteiger partial charge on any atom is 0.263 e. The molecule has 2 rings (SSSR count). The molecule has 0 unspecified atom stereocenters. The van der Waals surface area contributed by atoms with Crippen LogP contribution in [0.1, 0.15) is 76.2 Å². The van der Waals surface area contributed by atoms with Gasteiger partial charge in [0.2, 0.25) is 0 Å². The Hall–Kier alpha value is -2.48. The molecule has 1 aromatic rings. The summed E-state index contributed by atoms with van der Waals surface area (Å²) in [7, 11) is 0. The van der Waals surface area contributed by atoms with E-state index >= 15 is 0 Å². The molecule has 0 spiro atoms. The van der Waals surface area contributed by atoms with Crippen molar-refractivity contribution in [2.24, 2.45) is 0 Å². The van der Waals surface area contributed by atoms with Gasteiger partial charge in [-0.25, -0.2) is 0 Å². The smallest absolute Gasteiger partial charge is 0.263 e. The molecule has 5 nitrogen and oxygen atoms in total. The van der Waals surface area contributed by atoms with Crippen molar-refractivity contribution in [1.82, 2.24) is 5.32 Å². The third kappa shape index (κ3) is 7.64. The lowest BCUT2D eigenvalue weighted by Gasteiger charge is -2.19. The van der Waals surface area contributed by atoms with Gasteiger partial charge in [0, 0.05) is 12.2 Å². The molecule has 1 saturated carbocycles. The van der Waals surface area contributed by atoms with E-state index in [0.717, 1.165) is 31.2 Å². The number of benzene rings is 1. The number of carbonyl (C=O) groups is 1. The monoisotopic (exact) mass is 382 g/mol. The van der Waals surface area contributed by atoms with Crippen molar-refractivity contribution in [3.63, 3.8) is 0 Å². The molecule has 0 saturated heterocycles. The lowest BCUT2D eigenvalue weighted by molar-refractivity contribution is -0.117. The molecule has 28 heavy (non-hydrogen) atoms. The molecule has 0 aromatic heterocycles. The molecule has 1 aliphatic rings. The second kappa shape index (κ2) is 12.1. The number of nitrogens with one attached hydrogen (secondary N) is 2. The third-order valence-electron chi connectivity index (χ3n) is 5.38. The minimum atomic E-state index is -0.308. The van der Waals surface area contributed by atoms with E-state index in [1.165, 1.54) is 51.1 Å². The predicted octanol–water partition coefficient (Wildman–Crippen LogP) is 5.19. The standard InChI is InChI=1S/C23H34N4O/c1-18-13-14-22(21(25)15-18)26-17-19(16-24)23(28)27-20-11-9-7-5-3-2-4-6-8-10-12-20/h13-15,17,20,26H,2-12,25H2,1H3,(H,27,28)/b19-17-. The zero-order valence-electron chi connectivity index (χ0n) is 17.1. The molecule has 1 aromatic carbocycles. The Morgan fingerprint density at radius 2 is 1.64 bits per heavy atom. The molecule has 0 bridgehead atoms. The maximum atomic E-state index is 12.6. The van der Waals surface area contributed by atoms with Crippen molar-refractivity contribution < 1.29 is 4.79 Å². The van der Waals surface area contributed by atoms with Gasteiger partial charge in [0.25, 0.3) is 5.91 Å². The Morgan fingerprint density at radius 3 is 2.18 bits per heavy atom. The Labute approximate surface area is 169 Å². The van der Waals surface area contributed by atoms with Crippen LogP contribution in [-0.4, -0.2) is 11.9 Å². The fourth-order valence-corrected chi connectivity index (χ4v) is 3.68. The summed E-state index contributed by atoms with van der Waals surface area (Å²) in [5.74, 6) is -0.308. The first-order valence-electron chi connectivity index (χ1n) is 10.6. The van der Waals surface area contributed by atoms with E-state index in [0.29, 0.717) is 11.4 Å². The number of rotatable bonds is 4. The van der Waals surface area contributed by atoms with E-state index in [-0.39, 0.29) is 17.5 Å². The van der Waals surface area contributed by atoms with Gasteiger partial charge in [0.05, 0.1) is 11.4 Å². The minimum Gasteiger partial charge on any atom is -0.397 e. The molecular weight excluding hydrogens is 348 g/mol. The molecule has 0 heterocycles. The van der Waals surface area contributed by atoms with Crippen LogP contribution in [0.15, 0.2) is 30.0 Å². The van der Waals surface area contributed by atoms with E-state index in [4.69, 9.17) is 5.73 Å². The fourth-order valence-electron chi connectivity index (χ4n) is 3.68. The number of hydrogen-bond acceptors (Lipinski definition) is 4. The number of nitrogen functional groups attached to an aromatic ring is 1. The molecule has 5 heteroatoms. The fraction of sp³-hybridized carbons (Fsp3) is 0.565. The van der Waals surface area contributed by atoms with Gasteiger partial charge < -0.3 is 16.4 Å². The molecule has 1 fully saturated rings. The number of amides is 1. The lowest BCUT2D eigenvalue weighted by Crippen LogP contribution is -2.35. The summed E-state index contributed by atoms with van der Waals surface area (Å²) in [5.41, 5.74) is 8.40. The highest BCUT2D eigenvalue weighted by Crippen LogP contribution is 2.20. The molecule has 0 aliphatic heterocycles.